The largest absolute Gasteiger partial charge is 0.460 e. The summed E-state index contributed by atoms with van der Waals surface area (Å²) in [5, 5.41) is 0. The van der Waals surface area contributed by atoms with Gasteiger partial charge in [-0.15, -0.1) is 0 Å². The Balaban J connectivity index is 0.000000679. The topological polar surface area (TPSA) is 0 Å². The summed E-state index contributed by atoms with van der Waals surface area (Å²) in [5.41, 5.74) is -2.18. The van der Waals surface area contributed by atoms with Gasteiger partial charge in [-0.1, -0.05) is 0 Å². The molecule has 0 N–H and O–H groups in total. The van der Waals surface area contributed by atoms with E-state index in [-0.39, 0.29) is 0 Å². The molecule has 0 aliphatic carbocycles. The van der Waals surface area contributed by atoms with Crippen molar-refractivity contribution in [1.29, 1.82) is 0 Å². The van der Waals surface area contributed by atoms with E-state index in [2.05, 4.69) is 0 Å². The van der Waals surface area contributed by atoms with E-state index in [0.717, 1.165) is 0 Å². The molecule has 0 saturated carbocycles. The molecule has 0 aromatic heterocycles. The highest BCUT2D eigenvalue weighted by Crippen LogP contribution is 2.60. The second-order valence-electron chi connectivity index (χ2n) is 5.87. The lowest BCUT2D eigenvalue weighted by Gasteiger charge is -2.37. The van der Waals surface area contributed by atoms with E-state index >= 15 is 0 Å². The molecule has 0 heterocycles. The van der Waals surface area contributed by atoms with Gasteiger partial charge in [-0.25, -0.2) is 0 Å². The summed E-state index contributed by atoms with van der Waals surface area (Å²) in [6, 6.07) is 1.62. The van der Waals surface area contributed by atoms with Crippen LogP contribution in [0.3, 0.4) is 0 Å². The van der Waals surface area contributed by atoms with Gasteiger partial charge in [-0.2, -0.15) is 87.8 Å². The van der Waals surface area contributed by atoms with Crippen molar-refractivity contribution in [2.24, 2.45) is 0 Å². The molecule has 0 bridgehead atoms. The zero-order chi connectivity index (χ0) is 28.0. The lowest BCUT2D eigenvalue weighted by atomic mass is 9.98. The molecule has 0 aliphatic heterocycles. The Kier molecular flexibility index (Phi) is 8.23. The summed E-state index contributed by atoms with van der Waals surface area (Å²) in [6.07, 6.45) is -24.2. The predicted octanol–water partition coefficient (Wildman–Crippen LogP) is 8.38. The Hall–Kier alpha value is -2.18. The zero-order valence-electron chi connectivity index (χ0n) is 14.9. The maximum Gasteiger partial charge on any atom is 0.460 e. The number of alkyl halides is 20. The lowest BCUT2D eigenvalue weighted by molar-refractivity contribution is -0.451. The highest BCUT2D eigenvalue weighted by Gasteiger charge is 2.91. The van der Waals surface area contributed by atoms with E-state index in [1.165, 1.54) is 0 Å². The van der Waals surface area contributed by atoms with Crippen LogP contribution in [0.2, 0.25) is 0 Å². The van der Waals surface area contributed by atoms with E-state index in [1.54, 1.807) is 0 Å². The van der Waals surface area contributed by atoms with E-state index in [4.69, 9.17) is 0 Å². The smallest absolute Gasteiger partial charge is 0.192 e. The van der Waals surface area contributed by atoms with Crippen LogP contribution in [-0.2, 0) is 12.4 Å². The fourth-order valence-corrected chi connectivity index (χ4v) is 1.60. The second kappa shape index (κ2) is 8.80. The number of hydrogen-bond donors (Lipinski definition) is 0. The summed E-state index contributed by atoms with van der Waals surface area (Å²) in [5.74, 6) is -31.7. The SMILES string of the molecule is FC(F)(F)C(F)(F)C(F)(F)C(F)(F)C(F)(F)C(F)(F)F.FC(F)(F)c1ccc(C(F)(F)F)cc1. The fourth-order valence-electron chi connectivity index (χ4n) is 1.60. The first-order valence-electron chi connectivity index (χ1n) is 7.35. The fraction of sp³-hybridized carbons (Fsp3) is 0.571. The molecule has 34 heavy (non-hydrogen) atoms. The minimum absolute atomic E-state index is 0.406. The molecule has 0 fully saturated rings. The number of rotatable bonds is 3. The molecule has 1 rings (SSSR count). The molecule has 1 aromatic rings. The highest BCUT2D eigenvalue weighted by atomic mass is 19.4. The van der Waals surface area contributed by atoms with Crippen LogP contribution in [0.5, 0.6) is 0 Å². The number of hydrogen-bond acceptors (Lipinski definition) is 0. The Morgan fingerprint density at radius 3 is 0.588 bits per heavy atom. The van der Waals surface area contributed by atoms with Gasteiger partial charge in [0.05, 0.1) is 11.1 Å². The number of halogens is 20. The third-order valence-corrected chi connectivity index (χ3v) is 3.43. The predicted molar refractivity (Wildman–Crippen MR) is 68.3 cm³/mol. The molecule has 0 nitrogen and oxygen atoms in total. The van der Waals surface area contributed by atoms with Crippen LogP contribution in [0.4, 0.5) is 87.8 Å². The van der Waals surface area contributed by atoms with Crippen LogP contribution in [0.25, 0.3) is 0 Å². The molecule has 20 heteroatoms. The van der Waals surface area contributed by atoms with E-state index in [1.807, 2.05) is 0 Å². The maximum atomic E-state index is 12.3. The Labute approximate surface area is 173 Å². The molecule has 200 valence electrons. The minimum atomic E-state index is -8.04. The van der Waals surface area contributed by atoms with Gasteiger partial charge < -0.3 is 0 Å². The van der Waals surface area contributed by atoms with Crippen LogP contribution in [0.1, 0.15) is 11.1 Å². The van der Waals surface area contributed by atoms with Gasteiger partial charge in [-0.3, -0.25) is 0 Å². The average Bonchev–Trinajstić information content (AvgIpc) is 2.58. The highest BCUT2D eigenvalue weighted by molar-refractivity contribution is 5.26. The van der Waals surface area contributed by atoms with Gasteiger partial charge >= 0.3 is 48.4 Å². The molecule has 0 unspecified atom stereocenters. The van der Waals surface area contributed by atoms with Crippen molar-refractivity contribution < 1.29 is 87.8 Å². The van der Waals surface area contributed by atoms with E-state index < -0.39 is 59.5 Å². The summed E-state index contributed by atoms with van der Waals surface area (Å²) in [7, 11) is 0. The zero-order valence-corrected chi connectivity index (χ0v) is 14.9. The van der Waals surface area contributed by atoms with Crippen molar-refractivity contribution in [3.05, 3.63) is 35.4 Å². The Morgan fingerprint density at radius 2 is 0.471 bits per heavy atom. The molecule has 0 saturated heterocycles. The second-order valence-corrected chi connectivity index (χ2v) is 5.87. The Morgan fingerprint density at radius 1 is 0.294 bits per heavy atom. The maximum absolute atomic E-state index is 12.3. The molecule has 0 radical (unpaired) electrons. The third kappa shape index (κ3) is 5.89. The van der Waals surface area contributed by atoms with Crippen molar-refractivity contribution in [2.45, 2.75) is 48.4 Å². The van der Waals surface area contributed by atoms with Crippen molar-refractivity contribution in [3.63, 3.8) is 0 Å². The van der Waals surface area contributed by atoms with Crippen molar-refractivity contribution in [1.82, 2.24) is 0 Å². The van der Waals surface area contributed by atoms with Crippen LogP contribution in [0, 0.1) is 0 Å². The van der Waals surface area contributed by atoms with Crippen molar-refractivity contribution in [3.8, 4) is 0 Å². The van der Waals surface area contributed by atoms with Crippen LogP contribution < -0.4 is 0 Å². The van der Waals surface area contributed by atoms with E-state index in [0.29, 0.717) is 24.3 Å². The van der Waals surface area contributed by atoms with E-state index in [9.17, 15) is 87.8 Å². The van der Waals surface area contributed by atoms with Crippen molar-refractivity contribution in [2.75, 3.05) is 0 Å². The molecule has 1 aromatic carbocycles. The van der Waals surface area contributed by atoms with Crippen molar-refractivity contribution >= 4 is 0 Å². The van der Waals surface area contributed by atoms with Gasteiger partial charge in [0.15, 0.2) is 0 Å². The summed E-state index contributed by atoms with van der Waals surface area (Å²) in [6.45, 7) is 0. The van der Waals surface area contributed by atoms with Gasteiger partial charge in [-0.05, 0) is 24.3 Å². The van der Waals surface area contributed by atoms with Gasteiger partial charge in [0, 0.05) is 0 Å². The average molecular weight is 552 g/mol. The molecule has 0 amide bonds. The molecular formula is C14H4F20. The molecular weight excluding hydrogens is 548 g/mol. The lowest BCUT2D eigenvalue weighted by Crippen LogP contribution is -2.69. The van der Waals surface area contributed by atoms with Crippen LogP contribution >= 0.6 is 0 Å². The summed E-state index contributed by atoms with van der Waals surface area (Å²) >= 11 is 0. The molecule has 0 aliphatic rings. The minimum Gasteiger partial charge on any atom is -0.192 e. The summed E-state index contributed by atoms with van der Waals surface area (Å²) in [4.78, 5) is 0. The first-order valence-corrected chi connectivity index (χ1v) is 7.35. The van der Waals surface area contributed by atoms with Crippen LogP contribution in [-0.4, -0.2) is 36.0 Å². The Bertz CT molecular complexity index is 731. The standard InChI is InChI=1S/C8H4F6.C6F14/c9-7(10,11)5-1-2-6(4-3-5)8(12,13)14;7-1(8,3(11,12)5(15,16)17)2(9,10)4(13,14)6(18,19)20/h1-4H;. The third-order valence-electron chi connectivity index (χ3n) is 3.43. The first-order chi connectivity index (χ1) is 14.5. The number of benzene rings is 1. The quantitative estimate of drug-likeness (QED) is 0.331. The molecule has 0 spiro atoms. The van der Waals surface area contributed by atoms with Crippen LogP contribution in [0.15, 0.2) is 24.3 Å². The van der Waals surface area contributed by atoms with Gasteiger partial charge in [0.1, 0.15) is 0 Å². The van der Waals surface area contributed by atoms with Gasteiger partial charge in [0.25, 0.3) is 0 Å². The first kappa shape index (κ1) is 31.8. The summed E-state index contributed by atoms with van der Waals surface area (Å²) < 4.78 is 238. The normalized spacial score (nSPS) is 15.1. The van der Waals surface area contributed by atoms with Gasteiger partial charge in [0.2, 0.25) is 0 Å². The monoisotopic (exact) mass is 552 g/mol. The molecule has 0 atom stereocenters.